The molecular formula is C11H18ClN3S. The van der Waals surface area contributed by atoms with E-state index in [-0.39, 0.29) is 0 Å². The summed E-state index contributed by atoms with van der Waals surface area (Å²) in [6, 6.07) is 0. The predicted molar refractivity (Wildman–Crippen MR) is 69.5 cm³/mol. The Labute approximate surface area is 106 Å². The number of rotatable bonds is 3. The van der Waals surface area contributed by atoms with Crippen molar-refractivity contribution in [1.82, 2.24) is 9.36 Å². The van der Waals surface area contributed by atoms with Crippen molar-refractivity contribution >= 4 is 28.3 Å². The molecule has 1 unspecified atom stereocenters. The molecule has 2 heterocycles. The van der Waals surface area contributed by atoms with Crippen molar-refractivity contribution in [3.63, 3.8) is 0 Å². The topological polar surface area (TPSA) is 29.0 Å². The highest BCUT2D eigenvalue weighted by molar-refractivity contribution is 7.09. The van der Waals surface area contributed by atoms with E-state index in [1.807, 2.05) is 0 Å². The third kappa shape index (κ3) is 2.66. The molecule has 1 saturated heterocycles. The molecule has 90 valence electrons. The van der Waals surface area contributed by atoms with Gasteiger partial charge in [-0.2, -0.15) is 4.37 Å². The molecule has 0 N–H and O–H groups in total. The van der Waals surface area contributed by atoms with Crippen molar-refractivity contribution in [2.45, 2.75) is 38.5 Å². The lowest BCUT2D eigenvalue weighted by atomic mass is 9.94. The van der Waals surface area contributed by atoms with E-state index in [2.05, 4.69) is 28.1 Å². The summed E-state index contributed by atoms with van der Waals surface area (Å²) in [7, 11) is 0. The highest BCUT2D eigenvalue weighted by Gasteiger charge is 2.24. The molecule has 1 atom stereocenters. The van der Waals surface area contributed by atoms with Crippen LogP contribution in [0.3, 0.4) is 0 Å². The minimum Gasteiger partial charge on any atom is -0.347 e. The average molecular weight is 260 g/mol. The number of nitrogens with zero attached hydrogens (tertiary/aromatic N) is 3. The first-order chi connectivity index (χ1) is 7.70. The standard InChI is InChI=1S/C11H18ClN3S/c1-3-10-13-11(16-14-10)15-6-4-9(5-7-15)8(2)12/h8-9H,3-7H2,1-2H3. The lowest BCUT2D eigenvalue weighted by Gasteiger charge is -2.32. The molecule has 0 spiro atoms. The maximum absolute atomic E-state index is 6.13. The Kier molecular flexibility index (Phi) is 4.03. The number of aromatic nitrogens is 2. The van der Waals surface area contributed by atoms with E-state index in [4.69, 9.17) is 11.6 Å². The zero-order valence-electron chi connectivity index (χ0n) is 9.82. The van der Waals surface area contributed by atoms with Crippen LogP contribution in [0.2, 0.25) is 0 Å². The fraction of sp³-hybridized carbons (Fsp3) is 0.818. The first kappa shape index (κ1) is 12.1. The summed E-state index contributed by atoms with van der Waals surface area (Å²) in [6.45, 7) is 6.33. The van der Waals surface area contributed by atoms with Gasteiger partial charge in [0.25, 0.3) is 0 Å². The highest BCUT2D eigenvalue weighted by Crippen LogP contribution is 2.28. The van der Waals surface area contributed by atoms with Gasteiger partial charge in [-0.15, -0.1) is 11.6 Å². The minimum atomic E-state index is 0.294. The van der Waals surface area contributed by atoms with Crippen LogP contribution in [0.4, 0.5) is 5.13 Å². The maximum atomic E-state index is 6.13. The molecule has 0 bridgehead atoms. The van der Waals surface area contributed by atoms with E-state index >= 15 is 0 Å². The van der Waals surface area contributed by atoms with Crippen LogP contribution in [-0.2, 0) is 6.42 Å². The maximum Gasteiger partial charge on any atom is 0.205 e. The normalized spacial score (nSPS) is 20.1. The van der Waals surface area contributed by atoms with Gasteiger partial charge in [0, 0.05) is 36.4 Å². The Morgan fingerprint density at radius 3 is 2.69 bits per heavy atom. The Balaban J connectivity index is 1.93. The Hall–Kier alpha value is -0.350. The van der Waals surface area contributed by atoms with Crippen LogP contribution in [0.5, 0.6) is 0 Å². The van der Waals surface area contributed by atoms with Crippen LogP contribution >= 0.6 is 23.1 Å². The second-order valence-corrected chi connectivity index (χ2v) is 5.77. The van der Waals surface area contributed by atoms with Crippen LogP contribution in [0.25, 0.3) is 0 Å². The van der Waals surface area contributed by atoms with Crippen LogP contribution < -0.4 is 4.90 Å². The highest BCUT2D eigenvalue weighted by atomic mass is 35.5. The van der Waals surface area contributed by atoms with Gasteiger partial charge in [0.2, 0.25) is 5.13 Å². The van der Waals surface area contributed by atoms with Gasteiger partial charge >= 0.3 is 0 Å². The second-order valence-electron chi connectivity index (χ2n) is 4.35. The van der Waals surface area contributed by atoms with Gasteiger partial charge in [-0.3, -0.25) is 0 Å². The molecule has 0 saturated carbocycles. The van der Waals surface area contributed by atoms with Gasteiger partial charge < -0.3 is 4.90 Å². The predicted octanol–water partition coefficient (Wildman–Crippen LogP) is 2.94. The van der Waals surface area contributed by atoms with Crippen LogP contribution in [0.15, 0.2) is 0 Å². The molecule has 2 rings (SSSR count). The first-order valence-electron chi connectivity index (χ1n) is 5.92. The lowest BCUT2D eigenvalue weighted by Crippen LogP contribution is -2.35. The summed E-state index contributed by atoms with van der Waals surface area (Å²) in [5.74, 6) is 1.63. The number of aryl methyl sites for hydroxylation is 1. The Bertz CT molecular complexity index is 332. The summed E-state index contributed by atoms with van der Waals surface area (Å²) in [4.78, 5) is 6.86. The molecule has 16 heavy (non-hydrogen) atoms. The van der Waals surface area contributed by atoms with Crippen LogP contribution in [-0.4, -0.2) is 27.8 Å². The molecule has 5 heteroatoms. The molecule has 1 aromatic rings. The molecule has 0 amide bonds. The molecule has 1 fully saturated rings. The van der Waals surface area contributed by atoms with Crippen LogP contribution in [0, 0.1) is 5.92 Å². The van der Waals surface area contributed by atoms with E-state index in [0.717, 1.165) is 30.5 Å². The molecule has 0 aromatic carbocycles. The van der Waals surface area contributed by atoms with Crippen molar-refractivity contribution in [3.8, 4) is 0 Å². The SMILES string of the molecule is CCc1nsc(N2CCC(C(C)Cl)CC2)n1. The van der Waals surface area contributed by atoms with Gasteiger partial charge in [-0.25, -0.2) is 4.98 Å². The average Bonchev–Trinajstić information content (AvgIpc) is 2.77. The molecular weight excluding hydrogens is 242 g/mol. The van der Waals surface area contributed by atoms with Crippen LogP contribution in [0.1, 0.15) is 32.5 Å². The molecule has 1 aliphatic heterocycles. The van der Waals surface area contributed by atoms with E-state index in [0.29, 0.717) is 11.3 Å². The van der Waals surface area contributed by atoms with Gasteiger partial charge in [-0.05, 0) is 25.7 Å². The van der Waals surface area contributed by atoms with Gasteiger partial charge in [0.1, 0.15) is 5.82 Å². The Morgan fingerprint density at radius 1 is 1.50 bits per heavy atom. The van der Waals surface area contributed by atoms with E-state index in [1.54, 1.807) is 0 Å². The molecule has 0 radical (unpaired) electrons. The number of piperidine rings is 1. The third-order valence-corrected chi connectivity index (χ3v) is 4.40. The molecule has 0 aliphatic carbocycles. The van der Waals surface area contributed by atoms with Crippen molar-refractivity contribution < 1.29 is 0 Å². The minimum absolute atomic E-state index is 0.294. The zero-order chi connectivity index (χ0) is 11.5. The summed E-state index contributed by atoms with van der Waals surface area (Å²) in [5, 5.41) is 1.38. The summed E-state index contributed by atoms with van der Waals surface area (Å²) >= 11 is 7.66. The first-order valence-corrected chi connectivity index (χ1v) is 7.13. The number of alkyl halides is 1. The fourth-order valence-electron chi connectivity index (χ4n) is 2.07. The van der Waals surface area contributed by atoms with Gasteiger partial charge in [-0.1, -0.05) is 6.92 Å². The third-order valence-electron chi connectivity index (χ3n) is 3.23. The quantitative estimate of drug-likeness (QED) is 0.782. The Morgan fingerprint density at radius 2 is 2.19 bits per heavy atom. The van der Waals surface area contributed by atoms with Crippen molar-refractivity contribution in [3.05, 3.63) is 5.82 Å². The smallest absolute Gasteiger partial charge is 0.205 e. The largest absolute Gasteiger partial charge is 0.347 e. The molecule has 3 nitrogen and oxygen atoms in total. The number of hydrogen-bond donors (Lipinski definition) is 0. The number of hydrogen-bond acceptors (Lipinski definition) is 4. The van der Waals surface area contributed by atoms with Gasteiger partial charge in [0.05, 0.1) is 0 Å². The van der Waals surface area contributed by atoms with Crippen molar-refractivity contribution in [2.24, 2.45) is 5.92 Å². The molecule has 1 aliphatic rings. The lowest BCUT2D eigenvalue weighted by molar-refractivity contribution is 0.400. The molecule has 1 aromatic heterocycles. The summed E-state index contributed by atoms with van der Waals surface area (Å²) < 4.78 is 4.33. The van der Waals surface area contributed by atoms with Crippen molar-refractivity contribution in [2.75, 3.05) is 18.0 Å². The number of anilines is 1. The zero-order valence-corrected chi connectivity index (χ0v) is 11.4. The van der Waals surface area contributed by atoms with Crippen molar-refractivity contribution in [1.29, 1.82) is 0 Å². The van der Waals surface area contributed by atoms with E-state index in [1.165, 1.54) is 24.4 Å². The monoisotopic (exact) mass is 259 g/mol. The number of halogens is 1. The fourth-order valence-corrected chi connectivity index (χ4v) is 3.12. The van der Waals surface area contributed by atoms with Gasteiger partial charge in [0.15, 0.2) is 0 Å². The second kappa shape index (κ2) is 5.32. The van der Waals surface area contributed by atoms with E-state index < -0.39 is 0 Å². The summed E-state index contributed by atoms with van der Waals surface area (Å²) in [6.07, 6.45) is 3.27. The van der Waals surface area contributed by atoms with E-state index in [9.17, 15) is 0 Å². The summed E-state index contributed by atoms with van der Waals surface area (Å²) in [5.41, 5.74) is 0.